The minimum absolute atomic E-state index is 0.427. The number of hydrogen-bond donors (Lipinski definition) is 2. The van der Waals surface area contributed by atoms with Crippen molar-refractivity contribution in [2.45, 2.75) is 58.4 Å². The van der Waals surface area contributed by atoms with E-state index in [-0.39, 0.29) is 0 Å². The van der Waals surface area contributed by atoms with Gasteiger partial charge in [-0.2, -0.15) is 15.0 Å². The average Bonchev–Trinajstić information content (AvgIpc) is 2.55. The van der Waals surface area contributed by atoms with Crippen LogP contribution in [-0.2, 0) is 0 Å². The first-order chi connectivity index (χ1) is 10.3. The third-order valence-corrected chi connectivity index (χ3v) is 3.95. The van der Waals surface area contributed by atoms with E-state index >= 15 is 0 Å². The van der Waals surface area contributed by atoms with E-state index in [0.29, 0.717) is 17.9 Å². The van der Waals surface area contributed by atoms with Crippen molar-refractivity contribution in [2.75, 3.05) is 35.7 Å². The molecule has 0 saturated carbocycles. The minimum atomic E-state index is 0.427. The zero-order valence-corrected chi connectivity index (χ0v) is 13.5. The highest BCUT2D eigenvalue weighted by atomic mass is 15.3. The van der Waals surface area contributed by atoms with Crippen LogP contribution in [0.15, 0.2) is 0 Å². The van der Waals surface area contributed by atoms with Crippen molar-refractivity contribution < 1.29 is 0 Å². The van der Waals surface area contributed by atoms with Crippen molar-refractivity contribution in [1.29, 1.82) is 0 Å². The fraction of sp³-hybridized carbons (Fsp3) is 0.800. The molecule has 0 spiro atoms. The molecule has 2 heterocycles. The monoisotopic (exact) mass is 292 g/mol. The Balaban J connectivity index is 2.16. The molecular formula is C15H28N6. The number of nitrogens with zero attached hydrogens (tertiary/aromatic N) is 4. The molecule has 6 nitrogen and oxygen atoms in total. The van der Waals surface area contributed by atoms with Gasteiger partial charge in [0.15, 0.2) is 0 Å². The molecule has 0 aromatic carbocycles. The molecule has 1 aromatic rings. The van der Waals surface area contributed by atoms with Crippen LogP contribution in [0.4, 0.5) is 17.8 Å². The van der Waals surface area contributed by atoms with Crippen molar-refractivity contribution >= 4 is 17.8 Å². The normalized spacial score (nSPS) is 16.6. The first-order valence-corrected chi connectivity index (χ1v) is 8.22. The van der Waals surface area contributed by atoms with Crippen molar-refractivity contribution in [3.63, 3.8) is 0 Å². The van der Waals surface area contributed by atoms with Gasteiger partial charge in [-0.1, -0.05) is 20.3 Å². The SMILES string of the molecule is CCCC(CC)Nc1nc(NC)nc(N2CCCCC2)n1. The molecule has 2 N–H and O–H groups in total. The molecule has 0 amide bonds. The maximum atomic E-state index is 4.63. The summed E-state index contributed by atoms with van der Waals surface area (Å²) in [5, 5.41) is 6.50. The summed E-state index contributed by atoms with van der Waals surface area (Å²) >= 11 is 0. The number of rotatable bonds is 7. The van der Waals surface area contributed by atoms with Gasteiger partial charge in [0.1, 0.15) is 0 Å². The second-order valence-electron chi connectivity index (χ2n) is 5.62. The van der Waals surface area contributed by atoms with Gasteiger partial charge in [0.05, 0.1) is 0 Å². The summed E-state index contributed by atoms with van der Waals surface area (Å²) in [5.74, 6) is 2.12. The molecule has 1 atom stereocenters. The Kier molecular flexibility index (Phi) is 6.02. The Labute approximate surface area is 127 Å². The predicted molar refractivity (Wildman–Crippen MR) is 88.0 cm³/mol. The summed E-state index contributed by atoms with van der Waals surface area (Å²) in [6.45, 7) is 6.48. The Morgan fingerprint density at radius 1 is 1.05 bits per heavy atom. The molecule has 21 heavy (non-hydrogen) atoms. The van der Waals surface area contributed by atoms with Crippen LogP contribution < -0.4 is 15.5 Å². The van der Waals surface area contributed by atoms with E-state index in [9.17, 15) is 0 Å². The first kappa shape index (κ1) is 15.8. The molecule has 1 aromatic heterocycles. The van der Waals surface area contributed by atoms with Crippen molar-refractivity contribution in [3.8, 4) is 0 Å². The third kappa shape index (κ3) is 4.44. The lowest BCUT2D eigenvalue weighted by Gasteiger charge is -2.27. The van der Waals surface area contributed by atoms with Crippen LogP contribution in [0.2, 0.25) is 0 Å². The molecule has 1 aliphatic rings. The van der Waals surface area contributed by atoms with Gasteiger partial charge in [0.2, 0.25) is 17.8 Å². The number of aromatic nitrogens is 3. The van der Waals surface area contributed by atoms with Crippen molar-refractivity contribution in [1.82, 2.24) is 15.0 Å². The van der Waals surface area contributed by atoms with E-state index in [1.807, 2.05) is 7.05 Å². The van der Waals surface area contributed by atoms with Crippen LogP contribution in [-0.4, -0.2) is 41.1 Å². The van der Waals surface area contributed by atoms with Gasteiger partial charge >= 0.3 is 0 Å². The summed E-state index contributed by atoms with van der Waals surface area (Å²) in [7, 11) is 1.85. The highest BCUT2D eigenvalue weighted by molar-refractivity contribution is 5.44. The van der Waals surface area contributed by atoms with Crippen molar-refractivity contribution in [2.24, 2.45) is 0 Å². The summed E-state index contributed by atoms with van der Waals surface area (Å²) in [4.78, 5) is 15.8. The Morgan fingerprint density at radius 2 is 1.76 bits per heavy atom. The molecular weight excluding hydrogens is 264 g/mol. The minimum Gasteiger partial charge on any atom is -0.357 e. The maximum absolute atomic E-state index is 4.63. The van der Waals surface area contributed by atoms with Crippen LogP contribution in [0.25, 0.3) is 0 Å². The number of nitrogens with one attached hydrogen (secondary N) is 2. The van der Waals surface area contributed by atoms with Crippen LogP contribution >= 0.6 is 0 Å². The number of anilines is 3. The standard InChI is InChI=1S/C15H28N6/c1-4-9-12(5-2)17-14-18-13(16-3)19-15(20-14)21-10-7-6-8-11-21/h12H,4-11H2,1-3H3,(H2,16,17,18,19,20). The van der Waals surface area contributed by atoms with Gasteiger partial charge < -0.3 is 15.5 Å². The largest absolute Gasteiger partial charge is 0.357 e. The second kappa shape index (κ2) is 8.00. The van der Waals surface area contributed by atoms with E-state index in [1.165, 1.54) is 19.3 Å². The molecule has 1 unspecified atom stereocenters. The number of hydrogen-bond acceptors (Lipinski definition) is 6. The van der Waals surface area contributed by atoms with E-state index in [2.05, 4.69) is 44.3 Å². The van der Waals surface area contributed by atoms with Crippen LogP contribution in [0.3, 0.4) is 0 Å². The topological polar surface area (TPSA) is 66.0 Å². The lowest BCUT2D eigenvalue weighted by atomic mass is 10.1. The van der Waals surface area contributed by atoms with E-state index < -0.39 is 0 Å². The summed E-state index contributed by atoms with van der Waals surface area (Å²) < 4.78 is 0. The van der Waals surface area contributed by atoms with E-state index in [1.54, 1.807) is 0 Å². The van der Waals surface area contributed by atoms with Crippen LogP contribution in [0.5, 0.6) is 0 Å². The lowest BCUT2D eigenvalue weighted by molar-refractivity contribution is 0.566. The molecule has 1 saturated heterocycles. The molecule has 0 radical (unpaired) electrons. The first-order valence-electron chi connectivity index (χ1n) is 8.22. The molecule has 1 fully saturated rings. The Hall–Kier alpha value is -1.59. The van der Waals surface area contributed by atoms with Crippen LogP contribution in [0, 0.1) is 0 Å². The molecule has 6 heteroatoms. The smallest absolute Gasteiger partial charge is 0.231 e. The van der Waals surface area contributed by atoms with Gasteiger partial charge in [0, 0.05) is 26.2 Å². The third-order valence-electron chi connectivity index (χ3n) is 3.95. The predicted octanol–water partition coefficient (Wildman–Crippen LogP) is 2.89. The van der Waals surface area contributed by atoms with Gasteiger partial charge in [-0.3, -0.25) is 0 Å². The van der Waals surface area contributed by atoms with E-state index in [4.69, 9.17) is 0 Å². The Morgan fingerprint density at radius 3 is 2.38 bits per heavy atom. The van der Waals surface area contributed by atoms with Gasteiger partial charge in [0.25, 0.3) is 0 Å². The van der Waals surface area contributed by atoms with E-state index in [0.717, 1.165) is 38.3 Å². The maximum Gasteiger partial charge on any atom is 0.231 e. The highest BCUT2D eigenvalue weighted by Gasteiger charge is 2.17. The molecule has 2 rings (SSSR count). The van der Waals surface area contributed by atoms with Crippen molar-refractivity contribution in [3.05, 3.63) is 0 Å². The van der Waals surface area contributed by atoms with Gasteiger partial charge in [-0.15, -0.1) is 0 Å². The molecule has 0 aliphatic carbocycles. The number of piperidine rings is 1. The molecule has 0 bridgehead atoms. The summed E-state index contributed by atoms with van der Waals surface area (Å²) in [5.41, 5.74) is 0. The molecule has 118 valence electrons. The van der Waals surface area contributed by atoms with Gasteiger partial charge in [-0.25, -0.2) is 0 Å². The molecule has 1 aliphatic heterocycles. The fourth-order valence-corrected chi connectivity index (χ4v) is 2.69. The highest BCUT2D eigenvalue weighted by Crippen LogP contribution is 2.19. The van der Waals surface area contributed by atoms with Crippen LogP contribution in [0.1, 0.15) is 52.4 Å². The lowest BCUT2D eigenvalue weighted by Crippen LogP contribution is -2.32. The second-order valence-corrected chi connectivity index (χ2v) is 5.62. The average molecular weight is 292 g/mol. The van der Waals surface area contributed by atoms with Gasteiger partial charge in [-0.05, 0) is 32.1 Å². The summed E-state index contributed by atoms with van der Waals surface area (Å²) in [6.07, 6.45) is 7.12. The quantitative estimate of drug-likeness (QED) is 0.805. The Bertz CT molecular complexity index is 430. The zero-order chi connectivity index (χ0) is 15.1. The fourth-order valence-electron chi connectivity index (χ4n) is 2.69. The zero-order valence-electron chi connectivity index (χ0n) is 13.5. The summed E-state index contributed by atoms with van der Waals surface area (Å²) in [6, 6.07) is 0.427.